The van der Waals surface area contributed by atoms with Gasteiger partial charge in [-0.25, -0.2) is 9.59 Å². The fourth-order valence-corrected chi connectivity index (χ4v) is 2.04. The van der Waals surface area contributed by atoms with E-state index >= 15 is 0 Å². The fraction of sp³-hybridized carbons (Fsp3) is 0.0667. The highest BCUT2D eigenvalue weighted by atomic mass is 35.5. The molecule has 0 saturated heterocycles. The van der Waals surface area contributed by atoms with E-state index in [-0.39, 0.29) is 21.5 Å². The van der Waals surface area contributed by atoms with Crippen molar-refractivity contribution < 1.29 is 29.3 Å². The van der Waals surface area contributed by atoms with Gasteiger partial charge in [-0.3, -0.25) is 0 Å². The smallest absolute Gasteiger partial charge is 0.452 e. The molecule has 0 aliphatic carbocycles. The summed E-state index contributed by atoms with van der Waals surface area (Å²) in [4.78, 5) is 23.1. The lowest BCUT2D eigenvalue weighted by atomic mass is 10.2. The molecule has 8 heteroatoms. The summed E-state index contributed by atoms with van der Waals surface area (Å²) in [6.07, 6.45) is 0. The molecule has 0 amide bonds. The topological polar surface area (TPSA) is 93.1 Å². The summed E-state index contributed by atoms with van der Waals surface area (Å²) in [6, 6.07) is 11.2. The van der Waals surface area contributed by atoms with Gasteiger partial charge in [0.25, 0.3) is 0 Å². The molecule has 2 N–H and O–H groups in total. The minimum atomic E-state index is -2.99. The number of hydrogen-bond acceptors (Lipinski definition) is 4. The van der Waals surface area contributed by atoms with Crippen molar-refractivity contribution >= 4 is 35.1 Å². The summed E-state index contributed by atoms with van der Waals surface area (Å²) >= 11 is 11.6. The highest BCUT2D eigenvalue weighted by molar-refractivity contribution is 6.31. The molecule has 0 aromatic heterocycles. The van der Waals surface area contributed by atoms with E-state index in [2.05, 4.69) is 0 Å². The Hall–Kier alpha value is -2.44. The van der Waals surface area contributed by atoms with Gasteiger partial charge in [-0.2, -0.15) is 0 Å². The van der Waals surface area contributed by atoms with Crippen LogP contribution in [0.25, 0.3) is 0 Å². The van der Waals surface area contributed by atoms with Gasteiger partial charge in [0.1, 0.15) is 11.5 Å². The van der Waals surface area contributed by atoms with Gasteiger partial charge in [-0.05, 0) is 36.4 Å². The lowest BCUT2D eigenvalue weighted by Gasteiger charge is -2.26. The largest absolute Gasteiger partial charge is 0.475 e. The molecule has 0 fully saturated rings. The molecule has 6 nitrogen and oxygen atoms in total. The molecule has 2 aromatic rings. The van der Waals surface area contributed by atoms with Crippen LogP contribution in [0.2, 0.25) is 10.0 Å². The monoisotopic (exact) mass is 356 g/mol. The van der Waals surface area contributed by atoms with Gasteiger partial charge in [0, 0.05) is 10.0 Å². The number of benzene rings is 2. The Balaban J connectivity index is 2.43. The van der Waals surface area contributed by atoms with E-state index in [1.165, 1.54) is 48.5 Å². The summed E-state index contributed by atoms with van der Waals surface area (Å²) < 4.78 is 10.2. The third-order valence-electron chi connectivity index (χ3n) is 2.68. The van der Waals surface area contributed by atoms with Crippen LogP contribution in [-0.2, 0) is 9.59 Å². The second-order valence-electron chi connectivity index (χ2n) is 4.35. The van der Waals surface area contributed by atoms with Crippen LogP contribution >= 0.6 is 23.2 Å². The van der Waals surface area contributed by atoms with Gasteiger partial charge in [0.2, 0.25) is 0 Å². The van der Waals surface area contributed by atoms with Gasteiger partial charge < -0.3 is 19.7 Å². The predicted octanol–water partition coefficient (Wildman–Crippen LogP) is 3.32. The van der Waals surface area contributed by atoms with Crippen LogP contribution in [0.5, 0.6) is 11.5 Å². The molecule has 0 bridgehead atoms. The molecule has 120 valence electrons. The Morgan fingerprint density at radius 1 is 0.826 bits per heavy atom. The predicted molar refractivity (Wildman–Crippen MR) is 82.2 cm³/mol. The molecular formula is C15H10Cl2O6. The first-order chi connectivity index (χ1) is 10.8. The number of carboxylic acid groups (broad SMARTS) is 2. The molecule has 23 heavy (non-hydrogen) atoms. The van der Waals surface area contributed by atoms with E-state index < -0.39 is 17.7 Å². The number of carboxylic acids is 2. The maximum Gasteiger partial charge on any atom is 0.452 e. The first kappa shape index (κ1) is 16.9. The normalized spacial score (nSPS) is 10.9. The first-order valence-electron chi connectivity index (χ1n) is 6.19. The third kappa shape index (κ3) is 3.85. The van der Waals surface area contributed by atoms with Gasteiger partial charge in [0.15, 0.2) is 0 Å². The van der Waals surface area contributed by atoms with Gasteiger partial charge in [0.05, 0.1) is 0 Å². The van der Waals surface area contributed by atoms with Crippen molar-refractivity contribution in [3.63, 3.8) is 0 Å². The molecule has 0 spiro atoms. The lowest BCUT2D eigenvalue weighted by molar-refractivity contribution is -0.201. The van der Waals surface area contributed by atoms with E-state index in [0.29, 0.717) is 0 Å². The molecule has 0 unspecified atom stereocenters. The van der Waals surface area contributed by atoms with Crippen molar-refractivity contribution in [3.05, 3.63) is 58.6 Å². The molecule has 0 radical (unpaired) electrons. The van der Waals surface area contributed by atoms with E-state index in [9.17, 15) is 19.8 Å². The van der Waals surface area contributed by atoms with Gasteiger partial charge in [-0.15, -0.1) is 0 Å². The standard InChI is InChI=1S/C15H10Cl2O6/c16-9-3-1-5-11(7-9)22-15(13(18)19,14(20)21)23-12-6-2-4-10(17)8-12/h1-8H,(H,18,19)(H,20,21). The second-order valence-corrected chi connectivity index (χ2v) is 5.22. The van der Waals surface area contributed by atoms with Crippen LogP contribution < -0.4 is 9.47 Å². The lowest BCUT2D eigenvalue weighted by Crippen LogP contribution is -2.56. The van der Waals surface area contributed by atoms with E-state index in [1.807, 2.05) is 0 Å². The summed E-state index contributed by atoms with van der Waals surface area (Å²) in [6.45, 7) is 0. The molecule has 0 saturated carbocycles. The summed E-state index contributed by atoms with van der Waals surface area (Å²) in [5.74, 6) is -6.83. The maximum atomic E-state index is 11.5. The van der Waals surface area contributed by atoms with Crippen LogP contribution in [0.3, 0.4) is 0 Å². The molecule has 2 aromatic carbocycles. The molecular weight excluding hydrogens is 347 g/mol. The van der Waals surface area contributed by atoms with Crippen molar-refractivity contribution in [2.45, 2.75) is 5.79 Å². The maximum absolute atomic E-state index is 11.5. The van der Waals surface area contributed by atoms with Crippen molar-refractivity contribution in [1.29, 1.82) is 0 Å². The van der Waals surface area contributed by atoms with Crippen LogP contribution in [0, 0.1) is 0 Å². The Morgan fingerprint density at radius 3 is 1.52 bits per heavy atom. The highest BCUT2D eigenvalue weighted by Gasteiger charge is 2.53. The fourth-order valence-electron chi connectivity index (χ4n) is 1.68. The van der Waals surface area contributed by atoms with Crippen LogP contribution in [0.1, 0.15) is 0 Å². The van der Waals surface area contributed by atoms with Crippen molar-refractivity contribution in [1.82, 2.24) is 0 Å². The Morgan fingerprint density at radius 2 is 1.22 bits per heavy atom. The molecule has 0 aliphatic heterocycles. The van der Waals surface area contributed by atoms with E-state index in [4.69, 9.17) is 32.7 Å². The number of aliphatic carboxylic acids is 2. The summed E-state index contributed by atoms with van der Waals surface area (Å²) in [5.41, 5.74) is 0. The zero-order valence-corrected chi connectivity index (χ0v) is 12.9. The first-order valence-corrected chi connectivity index (χ1v) is 6.95. The molecule has 0 heterocycles. The highest BCUT2D eigenvalue weighted by Crippen LogP contribution is 2.27. The zero-order valence-electron chi connectivity index (χ0n) is 11.4. The van der Waals surface area contributed by atoms with Gasteiger partial charge >= 0.3 is 17.7 Å². The summed E-state index contributed by atoms with van der Waals surface area (Å²) in [7, 11) is 0. The van der Waals surface area contributed by atoms with E-state index in [1.54, 1.807) is 0 Å². The molecule has 0 atom stereocenters. The summed E-state index contributed by atoms with van der Waals surface area (Å²) in [5, 5.41) is 19.2. The number of carbonyl (C=O) groups is 2. The number of hydrogen-bond donors (Lipinski definition) is 2. The average Bonchev–Trinajstić information content (AvgIpc) is 2.46. The zero-order chi connectivity index (χ0) is 17.0. The van der Waals surface area contributed by atoms with Crippen molar-refractivity contribution in [2.75, 3.05) is 0 Å². The number of halogens is 2. The average molecular weight is 357 g/mol. The van der Waals surface area contributed by atoms with Crippen molar-refractivity contribution in [3.8, 4) is 11.5 Å². The third-order valence-corrected chi connectivity index (χ3v) is 3.15. The second kappa shape index (κ2) is 6.76. The quantitative estimate of drug-likeness (QED) is 0.609. The van der Waals surface area contributed by atoms with Crippen LogP contribution in [-0.4, -0.2) is 27.9 Å². The number of rotatable bonds is 6. The minimum absolute atomic E-state index is 0.0793. The SMILES string of the molecule is O=C(O)C(Oc1cccc(Cl)c1)(Oc1cccc(Cl)c1)C(=O)O. The van der Waals surface area contributed by atoms with Crippen LogP contribution in [0.15, 0.2) is 48.5 Å². The molecule has 0 aliphatic rings. The Bertz CT molecular complexity index is 683. The van der Waals surface area contributed by atoms with E-state index in [0.717, 1.165) is 0 Å². The Kier molecular flexibility index (Phi) is 4.98. The number of ether oxygens (including phenoxy) is 2. The van der Waals surface area contributed by atoms with Crippen molar-refractivity contribution in [2.24, 2.45) is 0 Å². The Labute approximate surface area is 140 Å². The molecule has 2 rings (SSSR count). The van der Waals surface area contributed by atoms with Crippen LogP contribution in [0.4, 0.5) is 0 Å². The van der Waals surface area contributed by atoms with Gasteiger partial charge in [-0.1, -0.05) is 35.3 Å². The minimum Gasteiger partial charge on any atom is -0.475 e.